The number of halogens is 5. The zero-order chi connectivity index (χ0) is 32.6. The average molecular weight is 652 g/mol. The van der Waals surface area contributed by atoms with Gasteiger partial charge in [-0.1, -0.05) is 43.6 Å². The molecule has 1 aromatic heterocycles. The highest BCUT2D eigenvalue weighted by molar-refractivity contribution is 7.84. The molecule has 14 heteroatoms. The Labute approximate surface area is 258 Å². The van der Waals surface area contributed by atoms with Gasteiger partial charge >= 0.3 is 6.18 Å². The van der Waals surface area contributed by atoms with Gasteiger partial charge in [0.2, 0.25) is 0 Å². The van der Waals surface area contributed by atoms with E-state index in [1.807, 2.05) is 13.8 Å². The number of imidazole rings is 1. The van der Waals surface area contributed by atoms with Crippen molar-refractivity contribution in [3.8, 4) is 16.8 Å². The van der Waals surface area contributed by atoms with Gasteiger partial charge < -0.3 is 10.3 Å². The van der Waals surface area contributed by atoms with Gasteiger partial charge in [-0.25, -0.2) is 20.1 Å². The van der Waals surface area contributed by atoms with Crippen LogP contribution in [-0.2, 0) is 33.9 Å². The van der Waals surface area contributed by atoms with Crippen LogP contribution in [0.2, 0.25) is 5.02 Å². The SMILES string of the molecule is Cc1nc(C(F)(F)F)cn1-c1ccc(-c2cc(F)c(COO)c(S(C)=O)c2)cc1N(N)/C(=C\N)C(C)(C)c1ccc(Cl)cc1. The number of anilines is 1. The number of hydrogen-bond donors (Lipinski definition) is 3. The van der Waals surface area contributed by atoms with E-state index in [4.69, 9.17) is 28.4 Å². The summed E-state index contributed by atoms with van der Waals surface area (Å²) in [4.78, 5) is 7.88. The lowest BCUT2D eigenvalue weighted by molar-refractivity contribution is -0.253. The highest BCUT2D eigenvalue weighted by atomic mass is 35.5. The summed E-state index contributed by atoms with van der Waals surface area (Å²) in [6.45, 7) is 4.63. The molecule has 0 bridgehead atoms. The van der Waals surface area contributed by atoms with E-state index < -0.39 is 40.5 Å². The molecule has 0 amide bonds. The summed E-state index contributed by atoms with van der Waals surface area (Å²) in [5, 5.41) is 10.7. The Morgan fingerprint density at radius 1 is 1.14 bits per heavy atom. The minimum Gasteiger partial charge on any atom is -0.403 e. The Morgan fingerprint density at radius 2 is 1.80 bits per heavy atom. The molecule has 0 spiro atoms. The topological polar surface area (TPSA) is 120 Å². The Balaban J connectivity index is 1.96. The number of aryl methyl sites for hydroxylation is 1. The highest BCUT2D eigenvalue weighted by Crippen LogP contribution is 2.40. The van der Waals surface area contributed by atoms with E-state index >= 15 is 4.39 Å². The third-order valence-corrected chi connectivity index (χ3v) is 8.53. The molecule has 1 unspecified atom stereocenters. The van der Waals surface area contributed by atoms with Crippen molar-refractivity contribution in [1.82, 2.24) is 9.55 Å². The molecule has 3 aromatic carbocycles. The first-order valence-electron chi connectivity index (χ1n) is 13.0. The van der Waals surface area contributed by atoms with Gasteiger partial charge in [-0.3, -0.25) is 14.5 Å². The lowest BCUT2D eigenvalue weighted by Gasteiger charge is -2.36. The number of hydrazine groups is 1. The lowest BCUT2D eigenvalue weighted by Crippen LogP contribution is -2.40. The number of benzene rings is 3. The van der Waals surface area contributed by atoms with Gasteiger partial charge in [0.1, 0.15) is 18.2 Å². The molecule has 0 aliphatic heterocycles. The Hall–Kier alpha value is -3.75. The third kappa shape index (κ3) is 6.52. The standard InChI is InChI=1S/C30H30ClF4N5O3S/c1-17-38-27(30(33,34)35)15-39(17)24-10-5-18(19-11-23(32)22(16-43-41)26(13-19)44(4)42)12-25(24)40(37)28(14-36)29(2,3)20-6-8-21(31)9-7-20/h5-15,41H,16,36-37H2,1-4H3/b28-14-. The summed E-state index contributed by atoms with van der Waals surface area (Å²) in [5.41, 5.74) is 6.42. The monoisotopic (exact) mass is 651 g/mol. The number of hydrogen-bond acceptors (Lipinski definition) is 7. The van der Waals surface area contributed by atoms with Crippen molar-refractivity contribution in [2.24, 2.45) is 11.6 Å². The molecule has 5 N–H and O–H groups in total. The minimum atomic E-state index is -4.69. The molecule has 0 aliphatic carbocycles. The molecule has 0 saturated carbocycles. The number of allylic oxidation sites excluding steroid dienone is 1. The second-order valence-corrected chi connectivity index (χ2v) is 12.2. The molecule has 44 heavy (non-hydrogen) atoms. The second kappa shape index (κ2) is 12.7. The van der Waals surface area contributed by atoms with Crippen LogP contribution in [0.3, 0.4) is 0 Å². The fraction of sp³-hybridized carbons (Fsp3) is 0.233. The Morgan fingerprint density at radius 3 is 2.34 bits per heavy atom. The smallest absolute Gasteiger partial charge is 0.403 e. The van der Waals surface area contributed by atoms with E-state index in [1.165, 1.54) is 47.2 Å². The fourth-order valence-corrected chi connectivity index (χ4v) is 5.85. The zero-order valence-corrected chi connectivity index (χ0v) is 25.7. The number of nitrogens with zero attached hydrogens (tertiary/aromatic N) is 3. The molecule has 234 valence electrons. The van der Waals surface area contributed by atoms with E-state index in [0.717, 1.165) is 11.8 Å². The predicted molar refractivity (Wildman–Crippen MR) is 162 cm³/mol. The molecular formula is C30H30ClF4N5O3S. The number of alkyl halides is 3. The van der Waals surface area contributed by atoms with Gasteiger partial charge in [0.05, 0.1) is 27.9 Å². The molecule has 0 fully saturated rings. The normalized spacial score (nSPS) is 13.3. The second-order valence-electron chi connectivity index (χ2n) is 10.5. The summed E-state index contributed by atoms with van der Waals surface area (Å²) in [6.07, 6.45) is -1.18. The van der Waals surface area contributed by atoms with Crippen LogP contribution in [0.5, 0.6) is 0 Å². The average Bonchev–Trinajstić information content (AvgIpc) is 3.36. The minimum absolute atomic E-state index is 0.0398. The van der Waals surface area contributed by atoms with Crippen molar-refractivity contribution in [3.63, 3.8) is 0 Å². The van der Waals surface area contributed by atoms with E-state index in [2.05, 4.69) is 9.87 Å². The first-order valence-corrected chi connectivity index (χ1v) is 15.0. The highest BCUT2D eigenvalue weighted by Gasteiger charge is 2.35. The summed E-state index contributed by atoms with van der Waals surface area (Å²) in [7, 11) is -1.66. The van der Waals surface area contributed by atoms with Crippen LogP contribution in [0.4, 0.5) is 23.2 Å². The van der Waals surface area contributed by atoms with Crippen LogP contribution in [0, 0.1) is 12.7 Å². The van der Waals surface area contributed by atoms with Gasteiger partial charge in [0, 0.05) is 39.5 Å². The molecule has 0 saturated heterocycles. The number of aromatic nitrogens is 2. The Bertz CT molecular complexity index is 1740. The van der Waals surface area contributed by atoms with Crippen molar-refractivity contribution in [3.05, 3.63) is 106 Å². The van der Waals surface area contributed by atoms with Crippen LogP contribution in [0.15, 0.2) is 77.6 Å². The van der Waals surface area contributed by atoms with Crippen molar-refractivity contribution < 1.29 is 31.9 Å². The molecule has 4 rings (SSSR count). The predicted octanol–water partition coefficient (Wildman–Crippen LogP) is 6.84. The first kappa shape index (κ1) is 33.1. The third-order valence-electron chi connectivity index (χ3n) is 7.30. The molecule has 8 nitrogen and oxygen atoms in total. The van der Waals surface area contributed by atoms with Crippen molar-refractivity contribution in [2.75, 3.05) is 11.3 Å². The summed E-state index contributed by atoms with van der Waals surface area (Å²) in [6, 6.07) is 14.3. The van der Waals surface area contributed by atoms with Gasteiger partial charge in [0.25, 0.3) is 0 Å². The molecule has 0 aliphatic rings. The molecule has 1 atom stereocenters. The van der Waals surface area contributed by atoms with Crippen LogP contribution in [0.25, 0.3) is 16.8 Å². The summed E-state index contributed by atoms with van der Waals surface area (Å²) < 4.78 is 69.6. The zero-order valence-electron chi connectivity index (χ0n) is 24.1. The van der Waals surface area contributed by atoms with Crippen LogP contribution in [-0.4, -0.2) is 25.3 Å². The summed E-state index contributed by atoms with van der Waals surface area (Å²) >= 11 is 6.09. The van der Waals surface area contributed by atoms with Gasteiger partial charge in [-0.15, -0.1) is 0 Å². The number of nitrogens with two attached hydrogens (primary N) is 2. The largest absolute Gasteiger partial charge is 0.434 e. The maximum Gasteiger partial charge on any atom is 0.434 e. The van der Waals surface area contributed by atoms with E-state index in [9.17, 15) is 17.4 Å². The summed E-state index contributed by atoms with van der Waals surface area (Å²) in [5.74, 6) is 6.00. The fourth-order valence-electron chi connectivity index (χ4n) is 4.93. The van der Waals surface area contributed by atoms with Gasteiger partial charge in [-0.2, -0.15) is 13.2 Å². The molecular weight excluding hydrogens is 622 g/mol. The van der Waals surface area contributed by atoms with Crippen molar-refractivity contribution in [1.29, 1.82) is 0 Å². The molecule has 0 radical (unpaired) electrons. The van der Waals surface area contributed by atoms with Gasteiger partial charge in [-0.05, 0) is 60.0 Å². The van der Waals surface area contributed by atoms with Crippen LogP contribution >= 0.6 is 11.6 Å². The van der Waals surface area contributed by atoms with Crippen molar-refractivity contribution in [2.45, 2.75) is 43.9 Å². The van der Waals surface area contributed by atoms with Crippen LogP contribution in [0.1, 0.15) is 36.5 Å². The van der Waals surface area contributed by atoms with E-state index in [-0.39, 0.29) is 27.7 Å². The number of rotatable bonds is 9. The maximum absolute atomic E-state index is 15.2. The Kier molecular flexibility index (Phi) is 9.57. The lowest BCUT2D eigenvalue weighted by atomic mass is 9.81. The van der Waals surface area contributed by atoms with E-state index in [1.54, 1.807) is 36.4 Å². The van der Waals surface area contributed by atoms with Crippen molar-refractivity contribution >= 4 is 28.1 Å². The molecule has 1 heterocycles. The van der Waals surface area contributed by atoms with Gasteiger partial charge in [0.15, 0.2) is 5.69 Å². The quantitative estimate of drug-likeness (QED) is 0.0784. The van der Waals surface area contributed by atoms with E-state index in [0.29, 0.717) is 21.8 Å². The first-order chi connectivity index (χ1) is 20.6. The molecule has 4 aromatic rings. The maximum atomic E-state index is 15.2. The van der Waals surface area contributed by atoms with Crippen LogP contribution < -0.4 is 16.6 Å².